The van der Waals surface area contributed by atoms with Crippen molar-refractivity contribution in [2.24, 2.45) is 11.5 Å². The molecule has 0 aromatic heterocycles. The van der Waals surface area contributed by atoms with Crippen molar-refractivity contribution in [1.82, 2.24) is 0 Å². The van der Waals surface area contributed by atoms with Crippen molar-refractivity contribution in [2.75, 3.05) is 6.61 Å². The summed E-state index contributed by atoms with van der Waals surface area (Å²) in [5.74, 6) is -1.03. The van der Waals surface area contributed by atoms with Crippen molar-refractivity contribution in [3.05, 3.63) is 0 Å². The van der Waals surface area contributed by atoms with Crippen LogP contribution in [-0.4, -0.2) is 24.5 Å². The molecule has 0 radical (unpaired) electrons. The number of hydrogen-bond acceptors (Lipinski definition) is 4. The zero-order valence-electron chi connectivity index (χ0n) is 5.76. The topological polar surface area (TPSA) is 102 Å². The molecule has 5 N–H and O–H groups in total. The average Bonchev–Trinajstić information content (AvgIpc) is 1.87. The number of nitrogens with two attached hydrogens (primary N) is 2. The Morgan fingerprint density at radius 1 is 1.80 bits per heavy atom. The van der Waals surface area contributed by atoms with Crippen molar-refractivity contribution in [3.8, 4) is 0 Å². The number of amidine groups is 1. The summed E-state index contributed by atoms with van der Waals surface area (Å²) in [6, 6.07) is -1.11. The number of carbonyl (C=O) groups excluding carboxylic acids is 1. The standard InChI is InChI=1S/C5H11N3O2/c1-2-10-5(9)3(6)4(7)8/h3H,2,6H2,1H3,(H3,7,8)/t3-/m0/s1. The fourth-order valence-electron chi connectivity index (χ4n) is 0.359. The molecule has 5 nitrogen and oxygen atoms in total. The van der Waals surface area contributed by atoms with Crippen LogP contribution in [0.25, 0.3) is 0 Å². The lowest BCUT2D eigenvalue weighted by atomic mass is 10.3. The van der Waals surface area contributed by atoms with Crippen molar-refractivity contribution < 1.29 is 9.53 Å². The van der Waals surface area contributed by atoms with Crippen LogP contribution in [0.5, 0.6) is 0 Å². The lowest BCUT2D eigenvalue weighted by Gasteiger charge is -2.06. The molecule has 0 saturated carbocycles. The zero-order chi connectivity index (χ0) is 8.15. The van der Waals surface area contributed by atoms with Crippen LogP contribution >= 0.6 is 0 Å². The van der Waals surface area contributed by atoms with Gasteiger partial charge in [0.25, 0.3) is 0 Å². The Labute approximate surface area is 58.8 Å². The second-order valence-corrected chi connectivity index (χ2v) is 1.69. The zero-order valence-corrected chi connectivity index (χ0v) is 5.76. The molecule has 0 rings (SSSR count). The molecule has 0 spiro atoms. The largest absolute Gasteiger partial charge is 0.464 e. The van der Waals surface area contributed by atoms with Gasteiger partial charge in [0, 0.05) is 0 Å². The maximum Gasteiger partial charge on any atom is 0.330 e. The molecule has 0 fully saturated rings. The molecule has 0 heterocycles. The van der Waals surface area contributed by atoms with Gasteiger partial charge in [0.15, 0.2) is 6.04 Å². The van der Waals surface area contributed by atoms with Crippen LogP contribution < -0.4 is 11.5 Å². The smallest absolute Gasteiger partial charge is 0.330 e. The molecule has 0 aliphatic rings. The normalized spacial score (nSPS) is 12.2. The third kappa shape index (κ3) is 2.45. The van der Waals surface area contributed by atoms with E-state index in [0.717, 1.165) is 0 Å². The summed E-state index contributed by atoms with van der Waals surface area (Å²) < 4.78 is 4.48. The number of rotatable bonds is 3. The third-order valence-corrected chi connectivity index (χ3v) is 0.876. The van der Waals surface area contributed by atoms with E-state index in [1.807, 2.05) is 0 Å². The van der Waals surface area contributed by atoms with E-state index in [1.54, 1.807) is 6.92 Å². The second kappa shape index (κ2) is 3.84. The molecule has 0 bridgehead atoms. The van der Waals surface area contributed by atoms with Gasteiger partial charge in [-0.05, 0) is 6.92 Å². The first-order valence-corrected chi connectivity index (χ1v) is 2.85. The van der Waals surface area contributed by atoms with E-state index in [1.165, 1.54) is 0 Å². The molecule has 0 amide bonds. The van der Waals surface area contributed by atoms with Gasteiger partial charge in [0.2, 0.25) is 0 Å². The van der Waals surface area contributed by atoms with Gasteiger partial charge in [-0.15, -0.1) is 0 Å². The molecule has 58 valence electrons. The van der Waals surface area contributed by atoms with Crippen molar-refractivity contribution in [3.63, 3.8) is 0 Å². The maximum atomic E-state index is 10.6. The van der Waals surface area contributed by atoms with E-state index in [9.17, 15) is 4.79 Å². The SMILES string of the molecule is CCOC(=O)[C@@H](N)C(=N)N. The number of carbonyl (C=O) groups is 1. The summed E-state index contributed by atoms with van der Waals surface area (Å²) in [5, 5.41) is 6.76. The van der Waals surface area contributed by atoms with E-state index < -0.39 is 12.0 Å². The fraction of sp³-hybridized carbons (Fsp3) is 0.600. The first kappa shape index (κ1) is 8.90. The van der Waals surface area contributed by atoms with E-state index in [-0.39, 0.29) is 12.4 Å². The Kier molecular flexibility index (Phi) is 3.42. The Balaban J connectivity index is 3.82. The van der Waals surface area contributed by atoms with Crippen LogP contribution in [0.15, 0.2) is 0 Å². The first-order valence-electron chi connectivity index (χ1n) is 2.85. The second-order valence-electron chi connectivity index (χ2n) is 1.69. The fourth-order valence-corrected chi connectivity index (χ4v) is 0.359. The lowest BCUT2D eigenvalue weighted by Crippen LogP contribution is -2.43. The average molecular weight is 145 g/mol. The highest BCUT2D eigenvalue weighted by molar-refractivity contribution is 6.02. The monoisotopic (exact) mass is 145 g/mol. The van der Waals surface area contributed by atoms with Gasteiger partial charge in [-0.3, -0.25) is 5.41 Å². The van der Waals surface area contributed by atoms with Crippen molar-refractivity contribution >= 4 is 11.8 Å². The number of hydrogen-bond donors (Lipinski definition) is 3. The summed E-state index contributed by atoms with van der Waals surface area (Å²) in [4.78, 5) is 10.6. The predicted octanol–water partition coefficient (Wildman–Crippen LogP) is -1.19. The van der Waals surface area contributed by atoms with Gasteiger partial charge in [-0.25, -0.2) is 4.79 Å². The highest BCUT2D eigenvalue weighted by Crippen LogP contribution is 1.83. The van der Waals surface area contributed by atoms with Crippen LogP contribution in [0.1, 0.15) is 6.92 Å². The Morgan fingerprint density at radius 2 is 2.30 bits per heavy atom. The van der Waals surface area contributed by atoms with Crippen LogP contribution in [0, 0.1) is 5.41 Å². The van der Waals surface area contributed by atoms with E-state index in [2.05, 4.69) is 4.74 Å². The van der Waals surface area contributed by atoms with Crippen molar-refractivity contribution in [2.45, 2.75) is 13.0 Å². The van der Waals surface area contributed by atoms with Gasteiger partial charge < -0.3 is 16.2 Å². The van der Waals surface area contributed by atoms with Gasteiger partial charge in [0.1, 0.15) is 5.84 Å². The minimum absolute atomic E-state index is 0.250. The number of ether oxygens (including phenoxy) is 1. The maximum absolute atomic E-state index is 10.6. The molecule has 0 aromatic rings. The van der Waals surface area contributed by atoms with E-state index in [4.69, 9.17) is 16.9 Å². The lowest BCUT2D eigenvalue weighted by molar-refractivity contribution is -0.142. The minimum atomic E-state index is -1.11. The van der Waals surface area contributed by atoms with E-state index in [0.29, 0.717) is 0 Å². The van der Waals surface area contributed by atoms with Crippen LogP contribution in [-0.2, 0) is 9.53 Å². The van der Waals surface area contributed by atoms with Crippen LogP contribution in [0.3, 0.4) is 0 Å². The summed E-state index contributed by atoms with van der Waals surface area (Å²) in [7, 11) is 0. The molecular formula is C5H11N3O2. The summed E-state index contributed by atoms with van der Waals surface area (Å²) in [6.45, 7) is 1.91. The van der Waals surface area contributed by atoms with E-state index >= 15 is 0 Å². The molecule has 1 atom stereocenters. The Morgan fingerprint density at radius 3 is 2.60 bits per heavy atom. The quantitative estimate of drug-likeness (QED) is 0.264. The highest BCUT2D eigenvalue weighted by Gasteiger charge is 2.16. The molecular weight excluding hydrogens is 134 g/mol. The highest BCUT2D eigenvalue weighted by atomic mass is 16.5. The first-order chi connectivity index (χ1) is 4.59. The molecule has 5 heteroatoms. The number of nitrogens with one attached hydrogen (secondary N) is 1. The van der Waals surface area contributed by atoms with Gasteiger partial charge in [-0.2, -0.15) is 0 Å². The number of esters is 1. The summed E-state index contributed by atoms with van der Waals surface area (Å²) in [6.07, 6.45) is 0. The van der Waals surface area contributed by atoms with Crippen LogP contribution in [0.4, 0.5) is 0 Å². The molecule has 0 aliphatic heterocycles. The van der Waals surface area contributed by atoms with Gasteiger partial charge >= 0.3 is 5.97 Å². The molecule has 0 aromatic carbocycles. The minimum Gasteiger partial charge on any atom is -0.464 e. The molecule has 10 heavy (non-hydrogen) atoms. The van der Waals surface area contributed by atoms with Crippen LogP contribution in [0.2, 0.25) is 0 Å². The van der Waals surface area contributed by atoms with Gasteiger partial charge in [0.05, 0.1) is 6.61 Å². The summed E-state index contributed by atoms with van der Waals surface area (Å²) in [5.41, 5.74) is 10.0. The Bertz CT molecular complexity index is 146. The molecule has 0 aliphatic carbocycles. The summed E-state index contributed by atoms with van der Waals surface area (Å²) >= 11 is 0. The third-order valence-electron chi connectivity index (χ3n) is 0.876. The molecule has 0 saturated heterocycles. The van der Waals surface area contributed by atoms with Gasteiger partial charge in [-0.1, -0.05) is 0 Å². The Hall–Kier alpha value is -1.10. The predicted molar refractivity (Wildman–Crippen MR) is 36.5 cm³/mol. The molecule has 0 unspecified atom stereocenters. The van der Waals surface area contributed by atoms with Crippen molar-refractivity contribution in [1.29, 1.82) is 5.41 Å².